The van der Waals surface area contributed by atoms with Crippen molar-refractivity contribution in [3.05, 3.63) is 35.7 Å². The van der Waals surface area contributed by atoms with Crippen LogP contribution in [-0.2, 0) is 16.1 Å². The van der Waals surface area contributed by atoms with E-state index in [2.05, 4.69) is 25.7 Å². The number of nitrogens with zero attached hydrogens (tertiary/aromatic N) is 5. The highest BCUT2D eigenvalue weighted by Gasteiger charge is 2.26. The number of rotatable bonds is 2. The van der Waals surface area contributed by atoms with Crippen molar-refractivity contribution in [1.29, 1.82) is 0 Å². The summed E-state index contributed by atoms with van der Waals surface area (Å²) in [4.78, 5) is 36.4. The zero-order chi connectivity index (χ0) is 25.3. The minimum atomic E-state index is -0.697. The molecule has 1 atom stereocenters. The number of hydrogen-bond donors (Lipinski definition) is 2. The first kappa shape index (κ1) is 24.2. The molecule has 3 aromatic heterocycles. The van der Waals surface area contributed by atoms with Crippen molar-refractivity contribution >= 4 is 35.1 Å². The Hall–Kier alpha value is -3.93. The number of pyridine rings is 1. The Kier molecular flexibility index (Phi) is 6.48. The molecular weight excluding hydrogens is 454 g/mol. The Bertz CT molecular complexity index is 1270. The van der Waals surface area contributed by atoms with Gasteiger partial charge in [-0.05, 0) is 39.8 Å². The smallest absolute Gasteiger partial charge is 0.415 e. The number of carbonyl (C=O) groups excluding carboxylic acids is 2. The minimum absolute atomic E-state index is 0.241. The fourth-order valence-corrected chi connectivity index (χ4v) is 3.46. The van der Waals surface area contributed by atoms with Gasteiger partial charge in [-0.1, -0.05) is 0 Å². The van der Waals surface area contributed by atoms with Gasteiger partial charge >= 0.3 is 6.09 Å². The van der Waals surface area contributed by atoms with Crippen LogP contribution in [0.1, 0.15) is 43.7 Å². The number of fused-ring (bicyclic) bond motifs is 3. The third-order valence-electron chi connectivity index (χ3n) is 5.09. The van der Waals surface area contributed by atoms with Crippen LogP contribution < -0.4 is 20.3 Å². The lowest BCUT2D eigenvalue weighted by atomic mass is 10.2. The van der Waals surface area contributed by atoms with Crippen LogP contribution in [0.2, 0.25) is 0 Å². The molecule has 0 unspecified atom stereocenters. The van der Waals surface area contributed by atoms with Crippen molar-refractivity contribution in [2.24, 2.45) is 0 Å². The molecular formula is C23H29N7O5. The first-order chi connectivity index (χ1) is 16.6. The van der Waals surface area contributed by atoms with E-state index in [4.69, 9.17) is 14.2 Å². The fraction of sp³-hybridized carbons (Fsp3) is 0.435. The molecule has 0 aromatic carbocycles. The number of hydrogen-bond acceptors (Lipinski definition) is 9. The number of ether oxygens (including phenoxy) is 3. The zero-order valence-electron chi connectivity index (χ0n) is 20.6. The Labute approximate surface area is 202 Å². The SMILES string of the molecule is COc1ccc2nc1Nc1cc(N(C)C(=O)OC(C)(C)C)n3ncc(c3n1)C(=O)N[C@H](C)COC2. The van der Waals surface area contributed by atoms with Crippen LogP contribution in [0.5, 0.6) is 5.75 Å². The molecule has 0 fully saturated rings. The van der Waals surface area contributed by atoms with Crippen molar-refractivity contribution in [1.82, 2.24) is 24.9 Å². The van der Waals surface area contributed by atoms with Crippen LogP contribution in [0.4, 0.5) is 22.2 Å². The van der Waals surface area contributed by atoms with Gasteiger partial charge in [-0.2, -0.15) is 9.61 Å². The number of methoxy groups -OCH3 is 1. The Balaban J connectivity index is 1.87. The van der Waals surface area contributed by atoms with Crippen molar-refractivity contribution in [3.63, 3.8) is 0 Å². The molecule has 12 nitrogen and oxygen atoms in total. The van der Waals surface area contributed by atoms with Crippen LogP contribution in [0.15, 0.2) is 24.4 Å². The lowest BCUT2D eigenvalue weighted by molar-refractivity contribution is 0.0587. The van der Waals surface area contributed by atoms with Gasteiger partial charge in [0, 0.05) is 19.2 Å². The molecule has 0 saturated heterocycles. The quantitative estimate of drug-likeness (QED) is 0.564. The van der Waals surface area contributed by atoms with Gasteiger partial charge in [-0.25, -0.2) is 14.8 Å². The lowest BCUT2D eigenvalue weighted by Crippen LogP contribution is -2.36. The lowest BCUT2D eigenvalue weighted by Gasteiger charge is -2.25. The monoisotopic (exact) mass is 483 g/mol. The molecule has 35 heavy (non-hydrogen) atoms. The highest BCUT2D eigenvalue weighted by molar-refractivity contribution is 6.00. The zero-order valence-corrected chi connectivity index (χ0v) is 20.6. The van der Waals surface area contributed by atoms with E-state index in [0.29, 0.717) is 28.9 Å². The molecule has 0 radical (unpaired) electrons. The summed E-state index contributed by atoms with van der Waals surface area (Å²) in [5.74, 6) is 1.20. The number of carbonyl (C=O) groups is 2. The van der Waals surface area contributed by atoms with Crippen molar-refractivity contribution in [3.8, 4) is 5.75 Å². The summed E-state index contributed by atoms with van der Waals surface area (Å²) in [6.07, 6.45) is 0.822. The minimum Gasteiger partial charge on any atom is -0.493 e. The summed E-state index contributed by atoms with van der Waals surface area (Å²) in [6, 6.07) is 4.92. The van der Waals surface area contributed by atoms with E-state index in [1.807, 2.05) is 6.92 Å². The van der Waals surface area contributed by atoms with Crippen molar-refractivity contribution in [2.75, 3.05) is 31.0 Å². The van der Waals surface area contributed by atoms with E-state index in [0.717, 1.165) is 0 Å². The highest BCUT2D eigenvalue weighted by Crippen LogP contribution is 2.29. The molecule has 0 saturated carbocycles. The van der Waals surface area contributed by atoms with Gasteiger partial charge in [0.1, 0.15) is 22.8 Å². The number of anilines is 3. The van der Waals surface area contributed by atoms with Gasteiger partial charge < -0.3 is 24.8 Å². The normalized spacial score (nSPS) is 16.3. The highest BCUT2D eigenvalue weighted by atomic mass is 16.6. The molecule has 4 heterocycles. The second-order valence-corrected chi connectivity index (χ2v) is 9.20. The predicted molar refractivity (Wildman–Crippen MR) is 128 cm³/mol. The second kappa shape index (κ2) is 9.37. The Morgan fingerprint density at radius 2 is 2.06 bits per heavy atom. The number of aromatic nitrogens is 4. The van der Waals surface area contributed by atoms with Crippen LogP contribution >= 0.6 is 0 Å². The topological polar surface area (TPSA) is 132 Å². The maximum atomic E-state index is 13.0. The molecule has 4 bridgehead atoms. The first-order valence-corrected chi connectivity index (χ1v) is 11.1. The van der Waals surface area contributed by atoms with E-state index < -0.39 is 11.7 Å². The Morgan fingerprint density at radius 1 is 1.29 bits per heavy atom. The third kappa shape index (κ3) is 5.27. The molecule has 0 aliphatic carbocycles. The van der Waals surface area contributed by atoms with Gasteiger partial charge in [0.05, 0.1) is 32.2 Å². The molecule has 2 amide bonds. The van der Waals surface area contributed by atoms with Crippen molar-refractivity contribution in [2.45, 2.75) is 45.9 Å². The van der Waals surface area contributed by atoms with Crippen LogP contribution in [0.25, 0.3) is 5.65 Å². The summed E-state index contributed by atoms with van der Waals surface area (Å²) >= 11 is 0. The van der Waals surface area contributed by atoms with E-state index in [1.165, 1.54) is 22.7 Å². The molecule has 2 N–H and O–H groups in total. The summed E-state index contributed by atoms with van der Waals surface area (Å²) in [6.45, 7) is 7.71. The van der Waals surface area contributed by atoms with Gasteiger partial charge in [0.15, 0.2) is 17.2 Å². The second-order valence-electron chi connectivity index (χ2n) is 9.20. The summed E-state index contributed by atoms with van der Waals surface area (Å²) < 4.78 is 18.1. The van der Waals surface area contributed by atoms with E-state index >= 15 is 0 Å². The molecule has 0 spiro atoms. The van der Waals surface area contributed by atoms with Gasteiger partial charge in [0.2, 0.25) is 0 Å². The summed E-state index contributed by atoms with van der Waals surface area (Å²) in [5.41, 5.74) is 0.460. The van der Waals surface area contributed by atoms with Gasteiger partial charge in [-0.15, -0.1) is 0 Å². The number of nitrogens with one attached hydrogen (secondary N) is 2. The predicted octanol–water partition coefficient (Wildman–Crippen LogP) is 2.90. The van der Waals surface area contributed by atoms with Crippen LogP contribution in [0.3, 0.4) is 0 Å². The fourth-order valence-electron chi connectivity index (χ4n) is 3.46. The molecule has 12 heteroatoms. The summed E-state index contributed by atoms with van der Waals surface area (Å²) in [5, 5.41) is 10.4. The number of amides is 2. The molecule has 1 aliphatic rings. The summed E-state index contributed by atoms with van der Waals surface area (Å²) in [7, 11) is 3.10. The maximum Gasteiger partial charge on any atom is 0.415 e. The van der Waals surface area contributed by atoms with Crippen LogP contribution in [-0.4, -0.2) is 64.0 Å². The molecule has 186 valence electrons. The Morgan fingerprint density at radius 3 is 2.77 bits per heavy atom. The average molecular weight is 484 g/mol. The third-order valence-corrected chi connectivity index (χ3v) is 5.09. The largest absolute Gasteiger partial charge is 0.493 e. The van der Waals surface area contributed by atoms with E-state index in [9.17, 15) is 9.59 Å². The molecule has 4 rings (SSSR count). The first-order valence-electron chi connectivity index (χ1n) is 11.1. The standard InChI is InChI=1S/C23H29N7O5/c1-13-11-34-12-14-7-8-16(33-6)19(26-14)27-17-9-18(29(5)22(32)35-23(2,3)4)30-20(28-17)15(10-24-30)21(31)25-13/h7-10,13H,11-12H2,1-6H3,(H,25,31)(H,26,27,28)/t13-/m1/s1. The van der Waals surface area contributed by atoms with E-state index in [1.54, 1.807) is 46.0 Å². The molecule has 3 aromatic rings. The van der Waals surface area contributed by atoms with Crippen molar-refractivity contribution < 1.29 is 23.8 Å². The van der Waals surface area contributed by atoms with E-state index in [-0.39, 0.29) is 36.4 Å². The maximum absolute atomic E-state index is 13.0. The van der Waals surface area contributed by atoms with Crippen LogP contribution in [0, 0.1) is 0 Å². The average Bonchev–Trinajstić information content (AvgIpc) is 3.20. The molecule has 1 aliphatic heterocycles. The van der Waals surface area contributed by atoms with Gasteiger partial charge in [-0.3, -0.25) is 9.69 Å². The van der Waals surface area contributed by atoms with Gasteiger partial charge in [0.25, 0.3) is 5.91 Å².